The van der Waals surface area contributed by atoms with Gasteiger partial charge in [-0.25, -0.2) is 0 Å². The number of amides is 1. The minimum Gasteiger partial charge on any atom is -0.364 e. The average Bonchev–Trinajstić information content (AvgIpc) is 3.27. The third kappa shape index (κ3) is 4.65. The maximum atomic E-state index is 13.2. The molecule has 1 saturated carbocycles. The van der Waals surface area contributed by atoms with Crippen LogP contribution in [0.3, 0.4) is 0 Å². The largest absolute Gasteiger partial charge is 0.416 e. The summed E-state index contributed by atoms with van der Waals surface area (Å²) < 4.78 is 45.1. The van der Waals surface area contributed by atoms with Crippen LogP contribution in [0.1, 0.15) is 36.8 Å². The Labute approximate surface area is 150 Å². The summed E-state index contributed by atoms with van der Waals surface area (Å²) in [6, 6.07) is 5.43. The summed E-state index contributed by atoms with van der Waals surface area (Å²) in [5, 5.41) is 0. The van der Waals surface area contributed by atoms with E-state index in [0.29, 0.717) is 19.4 Å². The van der Waals surface area contributed by atoms with Crippen LogP contribution < -0.4 is 5.73 Å². The van der Waals surface area contributed by atoms with Crippen LogP contribution >= 0.6 is 12.4 Å². The van der Waals surface area contributed by atoms with Gasteiger partial charge in [0.25, 0.3) is 5.91 Å². The van der Waals surface area contributed by atoms with E-state index >= 15 is 0 Å². The van der Waals surface area contributed by atoms with Gasteiger partial charge in [-0.05, 0) is 37.3 Å². The zero-order chi connectivity index (χ0) is 17.3. The molecule has 2 N–H and O–H groups in total. The Morgan fingerprint density at radius 1 is 1.20 bits per heavy atom. The Kier molecular flexibility index (Phi) is 6.35. The van der Waals surface area contributed by atoms with Crippen molar-refractivity contribution in [1.82, 2.24) is 4.90 Å². The Hall–Kier alpha value is -1.31. The van der Waals surface area contributed by atoms with Crippen LogP contribution in [-0.2, 0) is 22.3 Å². The van der Waals surface area contributed by atoms with Crippen molar-refractivity contribution in [2.24, 2.45) is 5.73 Å². The molecule has 0 aromatic heterocycles. The molecule has 0 radical (unpaired) electrons. The highest BCUT2D eigenvalue weighted by atomic mass is 35.5. The van der Waals surface area contributed by atoms with E-state index in [1.165, 1.54) is 12.1 Å². The van der Waals surface area contributed by atoms with Crippen LogP contribution in [0.4, 0.5) is 13.2 Å². The van der Waals surface area contributed by atoms with Gasteiger partial charge in [0.2, 0.25) is 0 Å². The van der Waals surface area contributed by atoms with Gasteiger partial charge in [0.15, 0.2) is 0 Å². The highest BCUT2D eigenvalue weighted by Gasteiger charge is 2.40. The van der Waals surface area contributed by atoms with Crippen molar-refractivity contribution in [2.75, 3.05) is 6.54 Å². The van der Waals surface area contributed by atoms with Gasteiger partial charge in [0.05, 0.1) is 11.7 Å². The smallest absolute Gasteiger partial charge is 0.364 e. The summed E-state index contributed by atoms with van der Waals surface area (Å²) in [6.07, 6.45) is -2.21. The van der Waals surface area contributed by atoms with Crippen LogP contribution in [0.25, 0.3) is 0 Å². The number of nitrogens with two attached hydrogens (primary N) is 1. The van der Waals surface area contributed by atoms with Gasteiger partial charge in [-0.1, -0.05) is 18.2 Å². The Bertz CT molecular complexity index is 608. The molecule has 1 saturated heterocycles. The number of ether oxygens (including phenoxy) is 1. The van der Waals surface area contributed by atoms with Gasteiger partial charge in [-0.15, -0.1) is 12.4 Å². The predicted octanol–water partition coefficient (Wildman–Crippen LogP) is 3.12. The van der Waals surface area contributed by atoms with Crippen LogP contribution in [0, 0.1) is 0 Å². The number of hydrogen-bond acceptors (Lipinski definition) is 3. The number of carbonyl (C=O) groups excluding carboxylic acids is 1. The van der Waals surface area contributed by atoms with E-state index in [1.807, 2.05) is 0 Å². The molecular formula is C17H22ClF3N2O2. The third-order valence-corrected chi connectivity index (χ3v) is 4.58. The van der Waals surface area contributed by atoms with E-state index in [0.717, 1.165) is 18.9 Å². The number of hydrogen-bond donors (Lipinski definition) is 1. The van der Waals surface area contributed by atoms with Gasteiger partial charge in [-0.3, -0.25) is 4.79 Å². The van der Waals surface area contributed by atoms with Gasteiger partial charge in [-0.2, -0.15) is 13.2 Å². The molecule has 8 heteroatoms. The molecule has 1 aromatic rings. The van der Waals surface area contributed by atoms with E-state index in [1.54, 1.807) is 11.0 Å². The van der Waals surface area contributed by atoms with E-state index in [9.17, 15) is 18.0 Å². The minimum atomic E-state index is -4.43. The molecule has 4 nitrogen and oxygen atoms in total. The standard InChI is InChI=1S/C17H21F3N2O2.ClH/c18-17(19,20)14-4-2-1-3-11(14)10-22(12-5-6-12)16(23)15-8-7-13(9-21)24-15;/h1-4,12-13,15H,5-10,21H2;1H/t13-,15+;/m1./s1. The van der Waals surface area contributed by atoms with Crippen molar-refractivity contribution < 1.29 is 22.7 Å². The SMILES string of the molecule is Cl.NC[C@H]1CC[C@@H](C(=O)N(Cc2ccccc2C(F)(F)F)C2CC2)O1. The minimum absolute atomic E-state index is 0. The van der Waals surface area contributed by atoms with Crippen molar-refractivity contribution in [2.45, 2.75) is 56.7 Å². The van der Waals surface area contributed by atoms with Gasteiger partial charge < -0.3 is 15.4 Å². The first-order chi connectivity index (χ1) is 11.4. The second-order valence-electron chi connectivity index (χ2n) is 6.41. The maximum Gasteiger partial charge on any atom is 0.416 e. The molecule has 25 heavy (non-hydrogen) atoms. The monoisotopic (exact) mass is 378 g/mol. The van der Waals surface area contributed by atoms with Crippen LogP contribution in [0.2, 0.25) is 0 Å². The molecule has 1 aliphatic carbocycles. The van der Waals surface area contributed by atoms with Gasteiger partial charge in [0.1, 0.15) is 6.10 Å². The molecule has 1 aliphatic heterocycles. The lowest BCUT2D eigenvalue weighted by Crippen LogP contribution is -2.41. The van der Waals surface area contributed by atoms with E-state index < -0.39 is 17.8 Å². The normalized spacial score (nSPS) is 23.2. The number of carbonyl (C=O) groups is 1. The lowest BCUT2D eigenvalue weighted by atomic mass is 10.1. The summed E-state index contributed by atoms with van der Waals surface area (Å²) in [5.41, 5.74) is 5.00. The quantitative estimate of drug-likeness (QED) is 0.856. The molecule has 2 fully saturated rings. The van der Waals surface area contributed by atoms with E-state index in [2.05, 4.69) is 0 Å². The molecule has 3 rings (SSSR count). The molecule has 140 valence electrons. The number of alkyl halides is 3. The fraction of sp³-hybridized carbons (Fsp3) is 0.588. The molecule has 0 bridgehead atoms. The van der Waals surface area contributed by atoms with Crippen LogP contribution in [-0.4, -0.2) is 35.6 Å². The number of benzene rings is 1. The summed E-state index contributed by atoms with van der Waals surface area (Å²) >= 11 is 0. The predicted molar refractivity (Wildman–Crippen MR) is 89.2 cm³/mol. The Morgan fingerprint density at radius 3 is 2.44 bits per heavy atom. The van der Waals surface area contributed by atoms with Crippen LogP contribution in [0.15, 0.2) is 24.3 Å². The van der Waals surface area contributed by atoms with Crippen molar-refractivity contribution >= 4 is 18.3 Å². The van der Waals surface area contributed by atoms with Crippen molar-refractivity contribution in [3.8, 4) is 0 Å². The van der Waals surface area contributed by atoms with Gasteiger partial charge in [0, 0.05) is 19.1 Å². The zero-order valence-corrected chi connectivity index (χ0v) is 14.5. The topological polar surface area (TPSA) is 55.6 Å². The second kappa shape index (κ2) is 7.93. The molecule has 0 spiro atoms. The van der Waals surface area contributed by atoms with Crippen LogP contribution in [0.5, 0.6) is 0 Å². The Balaban J connectivity index is 0.00000225. The average molecular weight is 379 g/mol. The molecule has 1 heterocycles. The van der Waals surface area contributed by atoms with E-state index in [4.69, 9.17) is 10.5 Å². The fourth-order valence-corrected chi connectivity index (χ4v) is 3.14. The second-order valence-corrected chi connectivity index (χ2v) is 6.41. The molecule has 0 unspecified atom stereocenters. The Morgan fingerprint density at radius 2 is 1.88 bits per heavy atom. The summed E-state index contributed by atoms with van der Waals surface area (Å²) in [6.45, 7) is 0.316. The molecular weight excluding hydrogens is 357 g/mol. The first-order valence-electron chi connectivity index (χ1n) is 8.21. The van der Waals surface area contributed by atoms with Crippen molar-refractivity contribution in [3.05, 3.63) is 35.4 Å². The first kappa shape index (κ1) is 20.0. The number of rotatable bonds is 5. The highest BCUT2D eigenvalue weighted by molar-refractivity contribution is 5.85. The first-order valence-corrected chi connectivity index (χ1v) is 8.21. The van der Waals surface area contributed by atoms with Crippen molar-refractivity contribution in [3.63, 3.8) is 0 Å². The van der Waals surface area contributed by atoms with Crippen molar-refractivity contribution in [1.29, 1.82) is 0 Å². The number of nitrogens with zero attached hydrogens (tertiary/aromatic N) is 1. The molecule has 2 aliphatic rings. The summed E-state index contributed by atoms with van der Waals surface area (Å²) in [7, 11) is 0. The lowest BCUT2D eigenvalue weighted by Gasteiger charge is -2.27. The third-order valence-electron chi connectivity index (χ3n) is 4.58. The van der Waals surface area contributed by atoms with Gasteiger partial charge >= 0.3 is 6.18 Å². The summed E-state index contributed by atoms with van der Waals surface area (Å²) in [4.78, 5) is 14.3. The highest BCUT2D eigenvalue weighted by Crippen LogP contribution is 2.36. The maximum absolute atomic E-state index is 13.2. The van der Waals surface area contributed by atoms with E-state index in [-0.39, 0.29) is 42.6 Å². The number of halogens is 4. The lowest BCUT2D eigenvalue weighted by molar-refractivity contribution is -0.145. The molecule has 1 amide bonds. The fourth-order valence-electron chi connectivity index (χ4n) is 3.14. The molecule has 2 atom stereocenters. The zero-order valence-electron chi connectivity index (χ0n) is 13.7. The summed E-state index contributed by atoms with van der Waals surface area (Å²) in [5.74, 6) is -0.217. The molecule has 1 aromatic carbocycles.